The third-order valence-corrected chi connectivity index (χ3v) is 3.97. The van der Waals surface area contributed by atoms with Crippen molar-refractivity contribution in [2.75, 3.05) is 6.54 Å². The van der Waals surface area contributed by atoms with Crippen molar-refractivity contribution in [1.82, 2.24) is 15.1 Å². The Labute approximate surface area is 134 Å². The lowest BCUT2D eigenvalue weighted by atomic mass is 10.0. The van der Waals surface area contributed by atoms with Gasteiger partial charge in [-0.05, 0) is 18.4 Å². The molecule has 0 spiro atoms. The summed E-state index contributed by atoms with van der Waals surface area (Å²) < 4.78 is 0. The fourth-order valence-corrected chi connectivity index (χ4v) is 3.05. The van der Waals surface area contributed by atoms with Gasteiger partial charge in [0.2, 0.25) is 11.8 Å². The molecule has 0 aromatic carbocycles. The minimum atomic E-state index is -1.19. The summed E-state index contributed by atoms with van der Waals surface area (Å²) in [6, 6.07) is -2.22. The zero-order valence-electron chi connectivity index (χ0n) is 13.4. The van der Waals surface area contributed by atoms with Crippen LogP contribution in [0.3, 0.4) is 0 Å². The Balaban J connectivity index is 2.19. The maximum absolute atomic E-state index is 12.7. The number of hydrogen-bond donors (Lipinski definition) is 2. The number of likely N-dealkylation sites (tertiary alicyclic amines) is 1. The molecule has 2 rings (SSSR count). The summed E-state index contributed by atoms with van der Waals surface area (Å²) in [6.07, 6.45) is 2.24. The second-order valence-electron chi connectivity index (χ2n) is 6.28. The fraction of sp³-hybridized carbons (Fsp3) is 0.600. The van der Waals surface area contributed by atoms with E-state index in [-0.39, 0.29) is 24.2 Å². The van der Waals surface area contributed by atoms with E-state index >= 15 is 0 Å². The summed E-state index contributed by atoms with van der Waals surface area (Å²) in [5.41, 5.74) is 0. The Morgan fingerprint density at radius 1 is 1.39 bits per heavy atom. The molecule has 0 unspecified atom stereocenters. The van der Waals surface area contributed by atoms with E-state index in [4.69, 9.17) is 5.11 Å². The summed E-state index contributed by atoms with van der Waals surface area (Å²) in [5.74, 6) is -0.860. The summed E-state index contributed by atoms with van der Waals surface area (Å²) in [7, 11) is 0. The lowest BCUT2D eigenvalue weighted by molar-refractivity contribution is -0.138. The summed E-state index contributed by atoms with van der Waals surface area (Å²) in [4.78, 5) is 49.6. The SMILES string of the molecule is CC(=O)N[C@@H](CC(C)C)C(=O)N1C=C[C@H]2[C@@H]1C(=O)CN2C(=O)O. The quantitative estimate of drug-likeness (QED) is 0.768. The largest absolute Gasteiger partial charge is 0.465 e. The van der Waals surface area contributed by atoms with Gasteiger partial charge in [-0.2, -0.15) is 0 Å². The number of rotatable bonds is 4. The standard InChI is InChI=1S/C15H21N3O5/c1-8(2)6-10(16-9(3)19)14(21)17-5-4-11-13(17)12(20)7-18(11)15(22)23/h4-5,8,10-11,13H,6-7H2,1-3H3,(H,16,19)(H,22,23)/t10-,11-,13+/m0/s1. The van der Waals surface area contributed by atoms with Crippen molar-refractivity contribution in [3.05, 3.63) is 12.3 Å². The van der Waals surface area contributed by atoms with Gasteiger partial charge in [-0.3, -0.25) is 19.3 Å². The molecule has 0 aromatic rings. The average Bonchev–Trinajstić information content (AvgIpc) is 2.98. The van der Waals surface area contributed by atoms with Crippen molar-refractivity contribution >= 4 is 23.7 Å². The zero-order chi connectivity index (χ0) is 17.3. The van der Waals surface area contributed by atoms with Crippen LogP contribution in [-0.2, 0) is 14.4 Å². The smallest absolute Gasteiger partial charge is 0.408 e. The van der Waals surface area contributed by atoms with Crippen molar-refractivity contribution in [1.29, 1.82) is 0 Å². The van der Waals surface area contributed by atoms with Crippen molar-refractivity contribution in [3.8, 4) is 0 Å². The van der Waals surface area contributed by atoms with Crippen molar-refractivity contribution in [3.63, 3.8) is 0 Å². The van der Waals surface area contributed by atoms with Gasteiger partial charge >= 0.3 is 6.09 Å². The molecule has 3 atom stereocenters. The van der Waals surface area contributed by atoms with Crippen LogP contribution < -0.4 is 5.32 Å². The molecule has 126 valence electrons. The van der Waals surface area contributed by atoms with Crippen LogP contribution in [0.4, 0.5) is 4.79 Å². The van der Waals surface area contributed by atoms with E-state index in [1.165, 1.54) is 18.0 Å². The number of ketones is 1. The van der Waals surface area contributed by atoms with Crippen molar-refractivity contribution < 1.29 is 24.3 Å². The highest BCUT2D eigenvalue weighted by Crippen LogP contribution is 2.28. The van der Waals surface area contributed by atoms with E-state index in [0.717, 1.165) is 4.90 Å². The lowest BCUT2D eigenvalue weighted by Gasteiger charge is -2.28. The highest BCUT2D eigenvalue weighted by Gasteiger charge is 2.50. The molecule has 2 aliphatic rings. The predicted molar refractivity (Wildman–Crippen MR) is 80.4 cm³/mol. The number of carboxylic acid groups (broad SMARTS) is 1. The topological polar surface area (TPSA) is 107 Å². The molecule has 2 heterocycles. The zero-order valence-corrected chi connectivity index (χ0v) is 13.4. The summed E-state index contributed by atoms with van der Waals surface area (Å²) in [5, 5.41) is 11.7. The molecular formula is C15H21N3O5. The monoisotopic (exact) mass is 323 g/mol. The van der Waals surface area contributed by atoms with Crippen molar-refractivity contribution in [2.24, 2.45) is 5.92 Å². The van der Waals surface area contributed by atoms with Crippen LogP contribution in [0, 0.1) is 5.92 Å². The van der Waals surface area contributed by atoms with Crippen LogP contribution >= 0.6 is 0 Å². The van der Waals surface area contributed by atoms with Gasteiger partial charge in [-0.15, -0.1) is 0 Å². The average molecular weight is 323 g/mol. The Bertz CT molecular complexity index is 571. The number of hydrogen-bond acceptors (Lipinski definition) is 4. The van der Waals surface area contributed by atoms with Crippen LogP contribution in [0.1, 0.15) is 27.2 Å². The van der Waals surface area contributed by atoms with Gasteiger partial charge in [0.15, 0.2) is 5.78 Å². The fourth-order valence-electron chi connectivity index (χ4n) is 3.05. The molecule has 0 aromatic heterocycles. The van der Waals surface area contributed by atoms with E-state index in [0.29, 0.717) is 6.42 Å². The Morgan fingerprint density at radius 2 is 2.04 bits per heavy atom. The lowest BCUT2D eigenvalue weighted by Crippen LogP contribution is -2.52. The van der Waals surface area contributed by atoms with Crippen LogP contribution in [0.25, 0.3) is 0 Å². The van der Waals surface area contributed by atoms with Crippen LogP contribution in [0.5, 0.6) is 0 Å². The third-order valence-electron chi connectivity index (χ3n) is 3.97. The molecule has 2 aliphatic heterocycles. The maximum atomic E-state index is 12.7. The highest BCUT2D eigenvalue weighted by atomic mass is 16.4. The first-order valence-electron chi connectivity index (χ1n) is 7.52. The number of amides is 3. The molecule has 2 N–H and O–H groups in total. The van der Waals surface area contributed by atoms with E-state index in [2.05, 4.69) is 5.32 Å². The summed E-state index contributed by atoms with van der Waals surface area (Å²) in [6.45, 7) is 4.96. The van der Waals surface area contributed by atoms with E-state index in [1.807, 2.05) is 13.8 Å². The molecule has 8 heteroatoms. The first-order chi connectivity index (χ1) is 10.7. The minimum absolute atomic E-state index is 0.174. The van der Waals surface area contributed by atoms with Gasteiger partial charge in [-0.1, -0.05) is 13.8 Å². The van der Waals surface area contributed by atoms with Gasteiger partial charge in [0, 0.05) is 13.1 Å². The second-order valence-corrected chi connectivity index (χ2v) is 6.28. The van der Waals surface area contributed by atoms with Gasteiger partial charge < -0.3 is 15.3 Å². The molecular weight excluding hydrogens is 302 g/mol. The molecule has 0 radical (unpaired) electrons. The molecule has 8 nitrogen and oxygen atoms in total. The molecule has 23 heavy (non-hydrogen) atoms. The number of fused-ring (bicyclic) bond motifs is 1. The van der Waals surface area contributed by atoms with Crippen LogP contribution in [0.15, 0.2) is 12.3 Å². The van der Waals surface area contributed by atoms with Crippen LogP contribution in [0.2, 0.25) is 0 Å². The Kier molecular flexibility index (Phi) is 4.72. The number of nitrogens with zero attached hydrogens (tertiary/aromatic N) is 2. The van der Waals surface area contributed by atoms with Crippen LogP contribution in [-0.4, -0.2) is 63.3 Å². The Hall–Kier alpha value is -2.38. The van der Waals surface area contributed by atoms with E-state index < -0.39 is 30.1 Å². The first-order valence-corrected chi connectivity index (χ1v) is 7.52. The van der Waals surface area contributed by atoms with Crippen molar-refractivity contribution in [2.45, 2.75) is 45.3 Å². The first kappa shape index (κ1) is 17.0. The second kappa shape index (κ2) is 6.39. The molecule has 3 amide bonds. The Morgan fingerprint density at radius 3 is 2.57 bits per heavy atom. The molecule has 0 saturated carbocycles. The normalized spacial score (nSPS) is 24.1. The highest BCUT2D eigenvalue weighted by molar-refractivity contribution is 5.98. The number of Topliss-reactive ketones (excluding diaryl/α,β-unsaturated/α-hetero) is 1. The molecule has 1 saturated heterocycles. The van der Waals surface area contributed by atoms with E-state index in [9.17, 15) is 19.2 Å². The molecule has 0 aliphatic carbocycles. The minimum Gasteiger partial charge on any atom is -0.465 e. The van der Waals surface area contributed by atoms with E-state index in [1.54, 1.807) is 6.08 Å². The maximum Gasteiger partial charge on any atom is 0.408 e. The number of carbonyl (C=O) groups excluding carboxylic acids is 3. The number of carbonyl (C=O) groups is 4. The van der Waals surface area contributed by atoms with Gasteiger partial charge in [-0.25, -0.2) is 4.79 Å². The predicted octanol–water partition coefficient (Wildman–Crippen LogP) is 0.193. The third kappa shape index (κ3) is 3.35. The molecule has 0 bridgehead atoms. The summed E-state index contributed by atoms with van der Waals surface area (Å²) >= 11 is 0. The van der Waals surface area contributed by atoms with Gasteiger partial charge in [0.1, 0.15) is 12.1 Å². The number of nitrogens with one attached hydrogen (secondary N) is 1. The molecule has 1 fully saturated rings. The van der Waals surface area contributed by atoms with Gasteiger partial charge in [0.05, 0.1) is 12.6 Å². The van der Waals surface area contributed by atoms with Gasteiger partial charge in [0.25, 0.3) is 0 Å².